The van der Waals surface area contributed by atoms with Crippen LogP contribution in [0.1, 0.15) is 18.9 Å². The van der Waals surface area contributed by atoms with Gasteiger partial charge in [0.2, 0.25) is 10.0 Å². The van der Waals surface area contributed by atoms with Crippen molar-refractivity contribution in [3.8, 4) is 0 Å². The van der Waals surface area contributed by atoms with Crippen LogP contribution in [0.25, 0.3) is 0 Å². The Kier molecular flexibility index (Phi) is 4.29. The zero-order valence-electron chi connectivity index (χ0n) is 9.18. The molecule has 0 aromatic heterocycles. The third-order valence-electron chi connectivity index (χ3n) is 2.21. The van der Waals surface area contributed by atoms with Crippen molar-refractivity contribution in [2.45, 2.75) is 19.1 Å². The van der Waals surface area contributed by atoms with Crippen LogP contribution in [0.15, 0.2) is 30.3 Å². The van der Waals surface area contributed by atoms with Crippen LogP contribution in [-0.4, -0.2) is 26.3 Å². The SMILES string of the molecule is CCCN(C)S(=O)(=O)Cc1ccccc1. The van der Waals surface area contributed by atoms with E-state index >= 15 is 0 Å². The minimum absolute atomic E-state index is 0.0876. The van der Waals surface area contributed by atoms with E-state index in [0.717, 1.165) is 12.0 Å². The molecular formula is C11H17NO2S. The average Bonchev–Trinajstić information content (AvgIpc) is 2.19. The highest BCUT2D eigenvalue weighted by Crippen LogP contribution is 2.09. The molecule has 0 aliphatic heterocycles. The van der Waals surface area contributed by atoms with E-state index in [2.05, 4.69) is 0 Å². The molecule has 84 valence electrons. The van der Waals surface area contributed by atoms with Gasteiger partial charge in [0.15, 0.2) is 0 Å². The van der Waals surface area contributed by atoms with Crippen LogP contribution in [0.5, 0.6) is 0 Å². The lowest BCUT2D eigenvalue weighted by Gasteiger charge is -2.15. The molecule has 0 saturated carbocycles. The van der Waals surface area contributed by atoms with Crippen molar-refractivity contribution < 1.29 is 8.42 Å². The molecule has 0 spiro atoms. The zero-order valence-corrected chi connectivity index (χ0v) is 10.00. The normalized spacial score (nSPS) is 11.9. The Balaban J connectivity index is 2.73. The number of hydrogen-bond donors (Lipinski definition) is 0. The van der Waals surface area contributed by atoms with Crippen LogP contribution < -0.4 is 0 Å². The quantitative estimate of drug-likeness (QED) is 0.770. The van der Waals surface area contributed by atoms with Gasteiger partial charge in [0.05, 0.1) is 5.75 Å². The number of rotatable bonds is 5. The molecule has 1 aromatic rings. The highest BCUT2D eigenvalue weighted by molar-refractivity contribution is 7.88. The summed E-state index contributed by atoms with van der Waals surface area (Å²) in [6, 6.07) is 9.25. The molecule has 0 amide bonds. The van der Waals surface area contributed by atoms with E-state index in [0.29, 0.717) is 6.54 Å². The molecule has 1 aromatic carbocycles. The van der Waals surface area contributed by atoms with Gasteiger partial charge in [0.25, 0.3) is 0 Å². The van der Waals surface area contributed by atoms with Gasteiger partial charge in [0.1, 0.15) is 0 Å². The molecule has 0 aliphatic rings. The van der Waals surface area contributed by atoms with E-state index in [1.54, 1.807) is 7.05 Å². The first-order valence-electron chi connectivity index (χ1n) is 5.04. The number of sulfonamides is 1. The monoisotopic (exact) mass is 227 g/mol. The van der Waals surface area contributed by atoms with Gasteiger partial charge in [-0.1, -0.05) is 37.3 Å². The van der Waals surface area contributed by atoms with Gasteiger partial charge in [-0.15, -0.1) is 0 Å². The summed E-state index contributed by atoms with van der Waals surface area (Å²) in [5.41, 5.74) is 0.834. The second kappa shape index (κ2) is 5.28. The molecule has 0 fully saturated rings. The Morgan fingerprint density at radius 2 is 1.80 bits per heavy atom. The summed E-state index contributed by atoms with van der Waals surface area (Å²) < 4.78 is 25.0. The van der Waals surface area contributed by atoms with Crippen LogP contribution in [0.4, 0.5) is 0 Å². The third-order valence-corrected chi connectivity index (χ3v) is 4.04. The fourth-order valence-corrected chi connectivity index (χ4v) is 2.64. The zero-order chi connectivity index (χ0) is 11.3. The summed E-state index contributed by atoms with van der Waals surface area (Å²) in [5.74, 6) is 0.0876. The first-order chi connectivity index (χ1) is 7.06. The summed E-state index contributed by atoms with van der Waals surface area (Å²) in [6.07, 6.45) is 0.838. The van der Waals surface area contributed by atoms with Gasteiger partial charge in [0, 0.05) is 13.6 Å². The van der Waals surface area contributed by atoms with E-state index in [1.165, 1.54) is 4.31 Å². The second-order valence-electron chi connectivity index (χ2n) is 3.56. The second-order valence-corrected chi connectivity index (χ2v) is 5.64. The average molecular weight is 227 g/mol. The smallest absolute Gasteiger partial charge is 0.212 e. The highest BCUT2D eigenvalue weighted by Gasteiger charge is 2.16. The van der Waals surface area contributed by atoms with E-state index in [9.17, 15) is 8.42 Å². The Labute approximate surface area is 91.8 Å². The molecule has 0 radical (unpaired) electrons. The van der Waals surface area contributed by atoms with Crippen LogP contribution in [0.3, 0.4) is 0 Å². The van der Waals surface area contributed by atoms with Crippen molar-refractivity contribution in [2.75, 3.05) is 13.6 Å². The lowest BCUT2D eigenvalue weighted by molar-refractivity contribution is 0.467. The molecule has 0 aliphatic carbocycles. The fourth-order valence-electron chi connectivity index (χ4n) is 1.35. The van der Waals surface area contributed by atoms with Crippen molar-refractivity contribution in [2.24, 2.45) is 0 Å². The molecule has 0 bridgehead atoms. The molecule has 0 unspecified atom stereocenters. The summed E-state index contributed by atoms with van der Waals surface area (Å²) in [4.78, 5) is 0. The topological polar surface area (TPSA) is 37.4 Å². The van der Waals surface area contributed by atoms with Crippen LogP contribution in [0.2, 0.25) is 0 Å². The molecule has 0 saturated heterocycles. The lowest BCUT2D eigenvalue weighted by atomic mass is 10.2. The van der Waals surface area contributed by atoms with Gasteiger partial charge in [-0.2, -0.15) is 0 Å². The largest absolute Gasteiger partial charge is 0.218 e. The lowest BCUT2D eigenvalue weighted by Crippen LogP contribution is -2.28. The van der Waals surface area contributed by atoms with Crippen LogP contribution in [0, 0.1) is 0 Å². The molecule has 3 nitrogen and oxygen atoms in total. The minimum atomic E-state index is -3.14. The number of nitrogens with zero attached hydrogens (tertiary/aromatic N) is 1. The number of hydrogen-bond acceptors (Lipinski definition) is 2. The van der Waals surface area contributed by atoms with Crippen molar-refractivity contribution in [3.05, 3.63) is 35.9 Å². The van der Waals surface area contributed by atoms with Crippen molar-refractivity contribution in [1.29, 1.82) is 0 Å². The van der Waals surface area contributed by atoms with E-state index < -0.39 is 10.0 Å². The fraction of sp³-hybridized carbons (Fsp3) is 0.455. The summed E-state index contributed by atoms with van der Waals surface area (Å²) in [5, 5.41) is 0. The number of benzene rings is 1. The summed E-state index contributed by atoms with van der Waals surface area (Å²) in [7, 11) is -1.52. The Morgan fingerprint density at radius 3 is 2.33 bits per heavy atom. The molecule has 1 rings (SSSR count). The van der Waals surface area contributed by atoms with E-state index in [1.807, 2.05) is 37.3 Å². The van der Waals surface area contributed by atoms with E-state index in [4.69, 9.17) is 0 Å². The Bertz CT molecular complexity index is 386. The minimum Gasteiger partial charge on any atom is -0.212 e. The maximum absolute atomic E-state index is 11.8. The molecule has 4 heteroatoms. The first kappa shape index (κ1) is 12.2. The van der Waals surface area contributed by atoms with E-state index in [-0.39, 0.29) is 5.75 Å². The van der Waals surface area contributed by atoms with Crippen molar-refractivity contribution >= 4 is 10.0 Å². The van der Waals surface area contributed by atoms with Crippen molar-refractivity contribution in [3.63, 3.8) is 0 Å². The predicted molar refractivity (Wildman–Crippen MR) is 62.0 cm³/mol. The summed E-state index contributed by atoms with van der Waals surface area (Å²) in [6.45, 7) is 2.55. The highest BCUT2D eigenvalue weighted by atomic mass is 32.2. The van der Waals surface area contributed by atoms with Gasteiger partial charge in [-0.3, -0.25) is 0 Å². The standard InChI is InChI=1S/C11H17NO2S/c1-3-9-12(2)15(13,14)10-11-7-5-4-6-8-11/h4-8H,3,9-10H2,1-2H3. The maximum Gasteiger partial charge on any atom is 0.218 e. The Morgan fingerprint density at radius 1 is 1.20 bits per heavy atom. The molecule has 0 N–H and O–H groups in total. The molecule has 0 heterocycles. The van der Waals surface area contributed by atoms with Gasteiger partial charge >= 0.3 is 0 Å². The maximum atomic E-state index is 11.8. The van der Waals surface area contributed by atoms with Gasteiger partial charge in [-0.25, -0.2) is 12.7 Å². The van der Waals surface area contributed by atoms with Gasteiger partial charge < -0.3 is 0 Å². The van der Waals surface area contributed by atoms with Crippen molar-refractivity contribution in [1.82, 2.24) is 4.31 Å². The van der Waals surface area contributed by atoms with Crippen LogP contribution >= 0.6 is 0 Å². The summed E-state index contributed by atoms with van der Waals surface area (Å²) >= 11 is 0. The predicted octanol–water partition coefficient (Wildman–Crippen LogP) is 1.86. The van der Waals surface area contributed by atoms with Crippen LogP contribution in [-0.2, 0) is 15.8 Å². The van der Waals surface area contributed by atoms with Gasteiger partial charge in [-0.05, 0) is 12.0 Å². The Hall–Kier alpha value is -0.870. The molecule has 0 atom stereocenters. The third kappa shape index (κ3) is 3.64. The molecule has 15 heavy (non-hydrogen) atoms. The first-order valence-corrected chi connectivity index (χ1v) is 6.65. The molecular weight excluding hydrogens is 210 g/mol.